The number of ketones is 2. The van der Waals surface area contributed by atoms with Gasteiger partial charge >= 0.3 is 0 Å². The number of carbonyl (C=O) groups is 4. The molecule has 5 rings (SSSR count). The minimum atomic E-state index is -2.81. The van der Waals surface area contributed by atoms with E-state index in [0.717, 1.165) is 12.8 Å². The topological polar surface area (TPSA) is 207 Å². The average Bonchev–Trinajstić information content (AvgIpc) is 3.37. The van der Waals surface area contributed by atoms with E-state index in [0.29, 0.717) is 13.1 Å². The maximum atomic E-state index is 15.3. The van der Waals surface area contributed by atoms with Gasteiger partial charge in [-0.3, -0.25) is 29.0 Å². The lowest BCUT2D eigenvalue weighted by atomic mass is 9.57. The van der Waals surface area contributed by atoms with Crippen LogP contribution in [-0.2, 0) is 25.6 Å². The first-order valence-corrected chi connectivity index (χ1v) is 12.9. The number of halogens is 1. The Morgan fingerprint density at radius 1 is 1.20 bits per heavy atom. The molecule has 14 heteroatoms. The molecule has 3 aliphatic carbocycles. The Morgan fingerprint density at radius 3 is 2.45 bits per heavy atom. The summed E-state index contributed by atoms with van der Waals surface area (Å²) in [6.45, 7) is 1.41. The van der Waals surface area contributed by atoms with E-state index >= 15 is 4.39 Å². The van der Waals surface area contributed by atoms with Gasteiger partial charge < -0.3 is 31.5 Å². The summed E-state index contributed by atoms with van der Waals surface area (Å²) in [7, 11) is 2.96. The van der Waals surface area contributed by atoms with Crippen molar-refractivity contribution in [1.29, 1.82) is 0 Å². The summed E-state index contributed by atoms with van der Waals surface area (Å²) in [6.07, 6.45) is 1.44. The molecule has 40 heavy (non-hydrogen) atoms. The van der Waals surface area contributed by atoms with Crippen molar-refractivity contribution in [2.24, 2.45) is 17.6 Å². The number of fused-ring (bicyclic) bond motifs is 3. The van der Waals surface area contributed by atoms with E-state index in [-0.39, 0.29) is 24.9 Å². The third kappa shape index (κ3) is 3.97. The van der Waals surface area contributed by atoms with Gasteiger partial charge in [-0.1, -0.05) is 0 Å². The van der Waals surface area contributed by atoms with Crippen molar-refractivity contribution in [2.75, 3.05) is 39.0 Å². The van der Waals surface area contributed by atoms with E-state index in [4.69, 9.17) is 5.73 Å². The number of pyridine rings is 1. The molecule has 1 aromatic rings. The van der Waals surface area contributed by atoms with Crippen molar-refractivity contribution in [3.63, 3.8) is 0 Å². The average molecular weight is 560 g/mol. The number of nitrogens with one attached hydrogen (secondary N) is 1. The molecular formula is C26H30FN5O8. The number of hydrogen-bond acceptors (Lipinski definition) is 11. The minimum Gasteiger partial charge on any atom is -0.508 e. The predicted octanol–water partition coefficient (Wildman–Crippen LogP) is -0.468. The number of anilines is 1. The van der Waals surface area contributed by atoms with Crippen LogP contribution in [0.1, 0.15) is 30.4 Å². The van der Waals surface area contributed by atoms with E-state index < -0.39 is 92.6 Å². The second-order valence-electron chi connectivity index (χ2n) is 10.9. The number of aromatic hydroxyl groups is 1. The zero-order valence-corrected chi connectivity index (χ0v) is 21.9. The highest BCUT2D eigenvalue weighted by atomic mass is 19.1. The van der Waals surface area contributed by atoms with Gasteiger partial charge in [0, 0.05) is 17.1 Å². The lowest BCUT2D eigenvalue weighted by molar-refractivity contribution is -0.153. The summed E-state index contributed by atoms with van der Waals surface area (Å²) >= 11 is 0. The van der Waals surface area contributed by atoms with E-state index in [1.54, 1.807) is 0 Å². The Morgan fingerprint density at radius 2 is 1.85 bits per heavy atom. The summed E-state index contributed by atoms with van der Waals surface area (Å²) in [4.78, 5) is 58.4. The van der Waals surface area contributed by atoms with Gasteiger partial charge in [0.25, 0.3) is 5.91 Å². The molecule has 13 nitrogen and oxygen atoms in total. The highest BCUT2D eigenvalue weighted by molar-refractivity contribution is 6.24. The smallest absolute Gasteiger partial charge is 0.255 e. The van der Waals surface area contributed by atoms with Gasteiger partial charge in [0.05, 0.1) is 18.2 Å². The third-order valence-corrected chi connectivity index (χ3v) is 8.36. The Balaban J connectivity index is 1.60. The fourth-order valence-corrected chi connectivity index (χ4v) is 6.56. The lowest BCUT2D eigenvalue weighted by Crippen LogP contribution is -2.65. The van der Waals surface area contributed by atoms with Gasteiger partial charge in [-0.25, -0.2) is 0 Å². The number of aliphatic hydroxyl groups is 3. The maximum Gasteiger partial charge on any atom is 0.255 e. The fraction of sp³-hybridized carbons (Fsp3) is 0.500. The number of likely N-dealkylation sites (tertiary alicyclic amines) is 1. The summed E-state index contributed by atoms with van der Waals surface area (Å²) in [5, 5.41) is 47.0. The van der Waals surface area contributed by atoms with Gasteiger partial charge in [0.2, 0.25) is 17.6 Å². The van der Waals surface area contributed by atoms with Crippen molar-refractivity contribution >= 4 is 35.0 Å². The third-order valence-electron chi connectivity index (χ3n) is 8.36. The molecule has 4 atom stereocenters. The molecule has 4 aliphatic rings. The number of hydrogen-bond donors (Lipinski definition) is 6. The Bertz CT molecular complexity index is 1420. The molecule has 214 valence electrons. The molecule has 2 heterocycles. The van der Waals surface area contributed by atoms with Crippen LogP contribution in [0.15, 0.2) is 16.9 Å². The zero-order chi connectivity index (χ0) is 29.3. The van der Waals surface area contributed by atoms with Crippen molar-refractivity contribution in [1.82, 2.24) is 14.8 Å². The SMILES string of the molecule is CN(C)[C@@H]1C(=O)C(C(N)=O)=C(O)[C@@]2(O)C(=O)C3=C(O)c4c(O)c(NC(=O)CN5CCCC5)nc(F)c4C[C@H]3C[C@@H]12. The van der Waals surface area contributed by atoms with Crippen LogP contribution in [0.3, 0.4) is 0 Å². The van der Waals surface area contributed by atoms with Crippen molar-refractivity contribution < 1.29 is 44.0 Å². The number of nitrogens with two attached hydrogens (primary N) is 1. The predicted molar refractivity (Wildman–Crippen MR) is 136 cm³/mol. The number of primary amides is 1. The first-order chi connectivity index (χ1) is 18.8. The number of nitrogens with zero attached hydrogens (tertiary/aromatic N) is 3. The summed E-state index contributed by atoms with van der Waals surface area (Å²) in [5.74, 6) is -10.7. The first-order valence-electron chi connectivity index (χ1n) is 12.9. The second kappa shape index (κ2) is 9.64. The Hall–Kier alpha value is -3.88. The van der Waals surface area contributed by atoms with Crippen LogP contribution >= 0.6 is 0 Å². The quantitative estimate of drug-likeness (QED) is 0.201. The number of aliphatic hydroxyl groups excluding tert-OH is 2. The lowest BCUT2D eigenvalue weighted by Gasteiger charge is -2.50. The van der Waals surface area contributed by atoms with Crippen molar-refractivity contribution in [2.45, 2.75) is 37.3 Å². The van der Waals surface area contributed by atoms with E-state index in [2.05, 4.69) is 10.3 Å². The Labute approximate surface area is 227 Å². The van der Waals surface area contributed by atoms with Crippen LogP contribution in [0.5, 0.6) is 5.75 Å². The van der Waals surface area contributed by atoms with E-state index in [1.807, 2.05) is 4.90 Å². The monoisotopic (exact) mass is 559 g/mol. The summed E-state index contributed by atoms with van der Waals surface area (Å²) < 4.78 is 15.3. The highest BCUT2D eigenvalue weighted by Crippen LogP contribution is 2.53. The van der Waals surface area contributed by atoms with Gasteiger partial charge in [-0.2, -0.15) is 9.37 Å². The van der Waals surface area contributed by atoms with Crippen LogP contribution in [0.4, 0.5) is 10.2 Å². The zero-order valence-electron chi connectivity index (χ0n) is 21.9. The molecule has 0 aromatic carbocycles. The summed E-state index contributed by atoms with van der Waals surface area (Å²) in [6, 6.07) is -1.25. The normalized spacial score (nSPS) is 28.5. The number of rotatable bonds is 5. The van der Waals surface area contributed by atoms with Crippen LogP contribution < -0.4 is 11.1 Å². The van der Waals surface area contributed by atoms with Gasteiger partial charge in [-0.15, -0.1) is 0 Å². The van der Waals surface area contributed by atoms with Crippen LogP contribution in [0.2, 0.25) is 0 Å². The number of aromatic nitrogens is 1. The molecule has 0 unspecified atom stereocenters. The molecule has 1 saturated carbocycles. The van der Waals surface area contributed by atoms with Crippen LogP contribution in [-0.4, -0.2) is 104 Å². The van der Waals surface area contributed by atoms with E-state index in [1.165, 1.54) is 19.0 Å². The van der Waals surface area contributed by atoms with Gasteiger partial charge in [0.1, 0.15) is 17.1 Å². The number of Topliss-reactive ketones (excluding diaryl/α,β-unsaturated/α-hetero) is 2. The number of likely N-dealkylation sites (N-methyl/N-ethyl adjacent to an activating group) is 1. The molecule has 0 spiro atoms. The number of amides is 2. The fourth-order valence-electron chi connectivity index (χ4n) is 6.56. The molecule has 1 aliphatic heterocycles. The number of carbonyl (C=O) groups excluding carboxylic acids is 4. The molecule has 1 aromatic heterocycles. The molecular weight excluding hydrogens is 529 g/mol. The molecule has 0 bridgehead atoms. The molecule has 0 radical (unpaired) electrons. The Kier molecular flexibility index (Phi) is 6.67. The van der Waals surface area contributed by atoms with Gasteiger partial charge in [-0.05, 0) is 58.8 Å². The largest absolute Gasteiger partial charge is 0.508 e. The maximum absolute atomic E-state index is 15.3. The minimum absolute atomic E-state index is 0.0125. The van der Waals surface area contributed by atoms with Crippen LogP contribution in [0.25, 0.3) is 5.76 Å². The van der Waals surface area contributed by atoms with Crippen LogP contribution in [0, 0.1) is 17.8 Å². The van der Waals surface area contributed by atoms with Crippen molar-refractivity contribution in [3.05, 3.63) is 34.0 Å². The standard InChI is InChI=1S/C26H30FN5O8/c1-31(2)17-12-8-10-7-11-15(20(36)25(30-23(11)27)29-13(33)9-32-5-3-4-6-32)18(34)14(10)21(37)26(12,40)22(38)16(19(17)35)24(28)39/h10,12,17,34,36,38,40H,3-9H2,1-2H3,(H2,28,39)(H,29,30,33)/t10-,12-,17-,26-/m0/s1. The summed E-state index contributed by atoms with van der Waals surface area (Å²) in [5.41, 5.74) is 0.433. The molecule has 1 saturated heterocycles. The molecule has 7 N–H and O–H groups in total. The first kappa shape index (κ1) is 27.7. The van der Waals surface area contributed by atoms with Crippen molar-refractivity contribution in [3.8, 4) is 5.75 Å². The van der Waals surface area contributed by atoms with Gasteiger partial charge in [0.15, 0.2) is 23.0 Å². The van der Waals surface area contributed by atoms with E-state index in [9.17, 15) is 39.6 Å². The highest BCUT2D eigenvalue weighted by Gasteiger charge is 2.64. The molecule has 2 fully saturated rings. The molecule has 2 amide bonds. The second-order valence-corrected chi connectivity index (χ2v) is 10.9.